The normalized spacial score (nSPS) is 12.8. The van der Waals surface area contributed by atoms with Crippen molar-refractivity contribution >= 4 is 45.8 Å². The van der Waals surface area contributed by atoms with Crippen molar-refractivity contribution in [3.05, 3.63) is 105 Å². The van der Waals surface area contributed by atoms with E-state index in [-0.39, 0.29) is 0 Å². The number of alkyl halides is 3. The molecule has 0 aliphatic carbocycles. The van der Waals surface area contributed by atoms with Crippen LogP contribution in [0.25, 0.3) is 22.4 Å². The first kappa shape index (κ1) is 22.2. The summed E-state index contributed by atoms with van der Waals surface area (Å²) < 4.78 is 46.9. The van der Waals surface area contributed by atoms with Crippen LogP contribution in [0.4, 0.5) is 18.9 Å². The number of aromatic nitrogens is 1. The highest BCUT2D eigenvalue weighted by Gasteiger charge is 2.30. The molecule has 3 aromatic carbocycles. The van der Waals surface area contributed by atoms with Gasteiger partial charge in [-0.3, -0.25) is 0 Å². The predicted molar refractivity (Wildman–Crippen MR) is 129 cm³/mol. The van der Waals surface area contributed by atoms with E-state index in [0.29, 0.717) is 38.1 Å². The van der Waals surface area contributed by atoms with Gasteiger partial charge in [0.1, 0.15) is 11.3 Å². The Morgan fingerprint density at radius 1 is 0.941 bits per heavy atom. The van der Waals surface area contributed by atoms with Gasteiger partial charge in [-0.1, -0.05) is 41.9 Å². The summed E-state index contributed by atoms with van der Waals surface area (Å²) in [4.78, 5) is 5.15. The van der Waals surface area contributed by atoms with E-state index >= 15 is 0 Å². The Kier molecular flexibility index (Phi) is 5.85. The molecule has 0 unspecified atom stereocenters. The molecule has 0 saturated heterocycles. The molecule has 0 radical (unpaired) electrons. The van der Waals surface area contributed by atoms with Crippen LogP contribution in [-0.4, -0.2) is 10.9 Å². The number of halogens is 4. The lowest BCUT2D eigenvalue weighted by molar-refractivity contribution is -0.137. The molecule has 0 saturated carbocycles. The van der Waals surface area contributed by atoms with Gasteiger partial charge in [-0.15, -0.1) is 11.3 Å². The Bertz CT molecular complexity index is 1530. The highest BCUT2D eigenvalue weighted by atomic mass is 35.5. The van der Waals surface area contributed by atoms with Crippen molar-refractivity contribution in [1.29, 1.82) is 0 Å². The molecule has 34 heavy (non-hydrogen) atoms. The number of furan rings is 1. The van der Waals surface area contributed by atoms with Crippen LogP contribution < -0.4 is 4.80 Å². The first-order valence-electron chi connectivity index (χ1n) is 10.1. The van der Waals surface area contributed by atoms with Crippen LogP contribution in [0.1, 0.15) is 11.1 Å². The number of para-hydroxylation sites is 1. The number of hydrogen-bond donors (Lipinski definition) is 0. The van der Waals surface area contributed by atoms with Crippen LogP contribution >= 0.6 is 22.9 Å². The average Bonchev–Trinajstić information content (AvgIpc) is 3.42. The second-order valence-corrected chi connectivity index (χ2v) is 8.59. The van der Waals surface area contributed by atoms with Crippen LogP contribution in [0.5, 0.6) is 0 Å². The van der Waals surface area contributed by atoms with E-state index in [1.54, 1.807) is 35.0 Å². The number of hydrogen-bond acceptors (Lipinski definition) is 4. The predicted octanol–water partition coefficient (Wildman–Crippen LogP) is 7.75. The third-order valence-electron chi connectivity index (χ3n) is 4.95. The molecule has 170 valence electrons. The van der Waals surface area contributed by atoms with Gasteiger partial charge < -0.3 is 4.42 Å². The van der Waals surface area contributed by atoms with Gasteiger partial charge in [0, 0.05) is 15.8 Å². The molecule has 2 heterocycles. The Labute approximate surface area is 200 Å². The van der Waals surface area contributed by atoms with Gasteiger partial charge in [-0.25, -0.2) is 9.67 Å². The summed E-state index contributed by atoms with van der Waals surface area (Å²) in [6, 6.07) is 21.4. The quantitative estimate of drug-likeness (QED) is 0.234. The van der Waals surface area contributed by atoms with Crippen LogP contribution in [0.3, 0.4) is 0 Å². The van der Waals surface area contributed by atoms with Crippen molar-refractivity contribution in [2.75, 3.05) is 0 Å². The molecule has 0 aliphatic rings. The molecule has 5 rings (SSSR count). The minimum absolute atomic E-state index is 0.307. The van der Waals surface area contributed by atoms with Crippen LogP contribution in [0.2, 0.25) is 5.02 Å². The zero-order valence-corrected chi connectivity index (χ0v) is 18.9. The van der Waals surface area contributed by atoms with E-state index in [1.165, 1.54) is 23.6 Å². The standard InChI is InChI=1S/C25H15ClF3N3OS/c26-19-8-10-20(11-9-19)31-24-32(30-14-16-4-3-6-18(12-16)25(27,28)29)21(15-34-24)23-13-17-5-1-2-7-22(17)33-23/h1-15H. The zero-order chi connectivity index (χ0) is 23.7. The summed E-state index contributed by atoms with van der Waals surface area (Å²) >= 11 is 7.30. The van der Waals surface area contributed by atoms with Crippen molar-refractivity contribution in [2.45, 2.75) is 6.18 Å². The van der Waals surface area contributed by atoms with Gasteiger partial charge in [0.15, 0.2) is 5.76 Å². The fourth-order valence-electron chi connectivity index (χ4n) is 3.31. The van der Waals surface area contributed by atoms with Crippen molar-refractivity contribution in [3.8, 4) is 11.5 Å². The maximum atomic E-state index is 13.1. The molecule has 0 bridgehead atoms. The zero-order valence-electron chi connectivity index (χ0n) is 17.3. The number of nitrogens with zero attached hydrogens (tertiary/aromatic N) is 3. The number of fused-ring (bicyclic) bond motifs is 1. The van der Waals surface area contributed by atoms with Crippen LogP contribution in [0.15, 0.2) is 98.8 Å². The third kappa shape index (κ3) is 4.69. The van der Waals surface area contributed by atoms with Crippen molar-refractivity contribution in [2.24, 2.45) is 10.1 Å². The minimum Gasteiger partial charge on any atom is -0.454 e. The van der Waals surface area contributed by atoms with Crippen molar-refractivity contribution in [3.63, 3.8) is 0 Å². The molecule has 0 amide bonds. The molecular formula is C25H15ClF3N3OS. The van der Waals surface area contributed by atoms with E-state index in [9.17, 15) is 13.2 Å². The lowest BCUT2D eigenvalue weighted by Gasteiger charge is -2.06. The molecule has 0 atom stereocenters. The van der Waals surface area contributed by atoms with Gasteiger partial charge in [-0.2, -0.15) is 18.3 Å². The highest BCUT2D eigenvalue weighted by Crippen LogP contribution is 2.30. The van der Waals surface area contributed by atoms with E-state index in [0.717, 1.165) is 17.5 Å². The minimum atomic E-state index is -4.44. The van der Waals surface area contributed by atoms with Crippen LogP contribution in [-0.2, 0) is 6.18 Å². The molecule has 9 heteroatoms. The van der Waals surface area contributed by atoms with Gasteiger partial charge in [0.2, 0.25) is 4.80 Å². The van der Waals surface area contributed by atoms with E-state index < -0.39 is 11.7 Å². The van der Waals surface area contributed by atoms with Gasteiger partial charge in [0.05, 0.1) is 17.5 Å². The summed E-state index contributed by atoms with van der Waals surface area (Å²) in [7, 11) is 0. The average molecular weight is 498 g/mol. The molecule has 2 aromatic heterocycles. The molecule has 5 aromatic rings. The second-order valence-electron chi connectivity index (χ2n) is 7.32. The Morgan fingerprint density at radius 3 is 2.50 bits per heavy atom. The Balaban J connectivity index is 1.63. The van der Waals surface area contributed by atoms with Crippen molar-refractivity contribution in [1.82, 2.24) is 4.68 Å². The van der Waals surface area contributed by atoms with E-state index in [4.69, 9.17) is 16.0 Å². The number of thiazole rings is 1. The lowest BCUT2D eigenvalue weighted by Crippen LogP contribution is -2.11. The van der Waals surface area contributed by atoms with Gasteiger partial charge in [-0.05, 0) is 54.1 Å². The molecule has 0 aliphatic heterocycles. The lowest BCUT2D eigenvalue weighted by atomic mass is 10.1. The fraction of sp³-hybridized carbons (Fsp3) is 0.0400. The number of rotatable bonds is 4. The summed E-state index contributed by atoms with van der Waals surface area (Å²) in [6.07, 6.45) is -3.07. The first-order chi connectivity index (χ1) is 16.4. The second kappa shape index (κ2) is 8.96. The fourth-order valence-corrected chi connectivity index (χ4v) is 4.28. The highest BCUT2D eigenvalue weighted by molar-refractivity contribution is 7.07. The third-order valence-corrected chi connectivity index (χ3v) is 6.02. The first-order valence-corrected chi connectivity index (χ1v) is 11.3. The van der Waals surface area contributed by atoms with Gasteiger partial charge in [0.25, 0.3) is 0 Å². The monoisotopic (exact) mass is 497 g/mol. The Hall–Kier alpha value is -3.62. The van der Waals surface area contributed by atoms with E-state index in [2.05, 4.69) is 10.1 Å². The smallest absolute Gasteiger partial charge is 0.416 e. The van der Waals surface area contributed by atoms with Crippen molar-refractivity contribution < 1.29 is 17.6 Å². The Morgan fingerprint density at radius 2 is 1.74 bits per heavy atom. The number of benzene rings is 3. The topological polar surface area (TPSA) is 42.8 Å². The van der Waals surface area contributed by atoms with Crippen LogP contribution in [0, 0.1) is 0 Å². The van der Waals surface area contributed by atoms with E-state index in [1.807, 2.05) is 35.7 Å². The maximum Gasteiger partial charge on any atom is 0.416 e. The molecule has 4 nitrogen and oxygen atoms in total. The summed E-state index contributed by atoms with van der Waals surface area (Å²) in [6.45, 7) is 0. The summed E-state index contributed by atoms with van der Waals surface area (Å²) in [5, 5.41) is 7.83. The largest absolute Gasteiger partial charge is 0.454 e. The SMILES string of the molecule is FC(F)(F)c1cccc(C=Nn2c(-c3cc4ccccc4o3)csc2=Nc2ccc(Cl)cc2)c1. The van der Waals surface area contributed by atoms with Gasteiger partial charge >= 0.3 is 6.18 Å². The molecule has 0 N–H and O–H groups in total. The summed E-state index contributed by atoms with van der Waals surface area (Å²) in [5.74, 6) is 0.566. The summed E-state index contributed by atoms with van der Waals surface area (Å²) in [5.41, 5.74) is 1.56. The molecule has 0 fully saturated rings. The molecule has 0 spiro atoms. The molecular weight excluding hydrogens is 483 g/mol. The maximum absolute atomic E-state index is 13.1.